The first kappa shape index (κ1) is 11.8. The Labute approximate surface area is 91.4 Å². The largest absolute Gasteiger partial charge is 0.335 e. The molecule has 1 heterocycles. The number of hydrogen-bond donors (Lipinski definition) is 1. The van der Waals surface area contributed by atoms with E-state index in [-0.39, 0.29) is 5.41 Å². The van der Waals surface area contributed by atoms with Crippen molar-refractivity contribution in [2.45, 2.75) is 40.0 Å². The minimum Gasteiger partial charge on any atom is -0.335 e. The van der Waals surface area contributed by atoms with Crippen LogP contribution in [0.1, 0.15) is 40.4 Å². The molecule has 0 spiro atoms. The molecular weight excluding hydrogens is 188 g/mol. The normalized spacial score (nSPS) is 11.3. The first-order chi connectivity index (χ1) is 6.80. The van der Waals surface area contributed by atoms with Crippen LogP contribution in [0.15, 0.2) is 11.3 Å². The van der Waals surface area contributed by atoms with E-state index in [0.717, 1.165) is 17.4 Å². The summed E-state index contributed by atoms with van der Waals surface area (Å²) in [7, 11) is 2.00. The van der Waals surface area contributed by atoms with Crippen molar-refractivity contribution in [2.75, 3.05) is 5.43 Å². The Hall–Kier alpha value is -1.32. The molecule has 1 N–H and O–H groups in total. The topological polar surface area (TPSA) is 42.2 Å². The van der Waals surface area contributed by atoms with Gasteiger partial charge in [0.05, 0.1) is 0 Å². The maximum Gasteiger partial charge on any atom is 0.164 e. The molecule has 0 bridgehead atoms. The van der Waals surface area contributed by atoms with Crippen LogP contribution in [0.3, 0.4) is 0 Å². The van der Waals surface area contributed by atoms with Crippen molar-refractivity contribution in [3.05, 3.63) is 12.0 Å². The van der Waals surface area contributed by atoms with E-state index >= 15 is 0 Å². The van der Waals surface area contributed by atoms with Gasteiger partial charge in [-0.25, -0.2) is 4.98 Å². The molecule has 1 aromatic rings. The van der Waals surface area contributed by atoms with Gasteiger partial charge < -0.3 is 4.57 Å². The van der Waals surface area contributed by atoms with Crippen molar-refractivity contribution in [1.29, 1.82) is 0 Å². The second-order valence-electron chi connectivity index (χ2n) is 4.98. The van der Waals surface area contributed by atoms with Gasteiger partial charge in [-0.3, -0.25) is 5.43 Å². The summed E-state index contributed by atoms with van der Waals surface area (Å²) in [5, 5.41) is 4.12. The van der Waals surface area contributed by atoms with E-state index in [1.54, 1.807) is 0 Å². The predicted octanol–water partition coefficient (Wildman–Crippen LogP) is 2.53. The summed E-state index contributed by atoms with van der Waals surface area (Å²) < 4.78 is 2.03. The van der Waals surface area contributed by atoms with Gasteiger partial charge in [0.15, 0.2) is 5.82 Å². The molecule has 4 heteroatoms. The number of rotatable bonds is 2. The maximum absolute atomic E-state index is 4.50. The van der Waals surface area contributed by atoms with Gasteiger partial charge in [-0.2, -0.15) is 5.10 Å². The van der Waals surface area contributed by atoms with Crippen molar-refractivity contribution in [2.24, 2.45) is 12.1 Å². The number of anilines is 1. The van der Waals surface area contributed by atoms with Crippen LogP contribution in [0.5, 0.6) is 0 Å². The van der Waals surface area contributed by atoms with E-state index in [4.69, 9.17) is 0 Å². The fraction of sp³-hybridized carbons (Fsp3) is 0.636. The molecule has 0 aliphatic rings. The Morgan fingerprint density at radius 2 is 2.00 bits per heavy atom. The van der Waals surface area contributed by atoms with Gasteiger partial charge in [-0.05, 0) is 13.8 Å². The minimum absolute atomic E-state index is 0.0552. The molecule has 15 heavy (non-hydrogen) atoms. The fourth-order valence-corrected chi connectivity index (χ4v) is 1.39. The monoisotopic (exact) mass is 208 g/mol. The predicted molar refractivity (Wildman–Crippen MR) is 64.3 cm³/mol. The molecule has 0 radical (unpaired) electrons. The smallest absolute Gasteiger partial charge is 0.164 e. The van der Waals surface area contributed by atoms with Crippen LogP contribution in [0.25, 0.3) is 0 Å². The van der Waals surface area contributed by atoms with Gasteiger partial charge >= 0.3 is 0 Å². The number of nitrogens with zero attached hydrogens (tertiary/aromatic N) is 3. The molecule has 0 fully saturated rings. The van der Waals surface area contributed by atoms with Crippen molar-refractivity contribution >= 4 is 11.5 Å². The zero-order valence-electron chi connectivity index (χ0n) is 10.4. The molecule has 0 saturated heterocycles. The van der Waals surface area contributed by atoms with Gasteiger partial charge in [0.2, 0.25) is 0 Å². The molecule has 0 aliphatic carbocycles. The zero-order valence-corrected chi connectivity index (χ0v) is 10.4. The quantitative estimate of drug-likeness (QED) is 0.599. The Morgan fingerprint density at radius 3 is 2.40 bits per heavy atom. The van der Waals surface area contributed by atoms with Crippen LogP contribution < -0.4 is 5.43 Å². The first-order valence-electron chi connectivity index (χ1n) is 5.11. The van der Waals surface area contributed by atoms with Crippen molar-refractivity contribution in [1.82, 2.24) is 9.55 Å². The van der Waals surface area contributed by atoms with Crippen LogP contribution in [0.2, 0.25) is 0 Å². The average molecular weight is 208 g/mol. The zero-order chi connectivity index (χ0) is 11.6. The molecular formula is C11H20N4. The van der Waals surface area contributed by atoms with Crippen LogP contribution in [-0.4, -0.2) is 15.3 Å². The van der Waals surface area contributed by atoms with Gasteiger partial charge in [0.25, 0.3) is 0 Å². The van der Waals surface area contributed by atoms with Gasteiger partial charge in [0, 0.05) is 24.4 Å². The van der Waals surface area contributed by atoms with E-state index in [1.165, 1.54) is 0 Å². The molecule has 84 valence electrons. The molecule has 0 saturated carbocycles. The lowest BCUT2D eigenvalue weighted by Gasteiger charge is -2.17. The highest BCUT2D eigenvalue weighted by Crippen LogP contribution is 2.22. The summed E-state index contributed by atoms with van der Waals surface area (Å²) >= 11 is 0. The fourth-order valence-electron chi connectivity index (χ4n) is 1.39. The summed E-state index contributed by atoms with van der Waals surface area (Å²) in [5.74, 6) is 1.84. The van der Waals surface area contributed by atoms with Crippen LogP contribution in [-0.2, 0) is 12.5 Å². The maximum atomic E-state index is 4.50. The molecule has 1 rings (SSSR count). The Kier molecular flexibility index (Phi) is 3.17. The Morgan fingerprint density at radius 1 is 1.40 bits per heavy atom. The van der Waals surface area contributed by atoms with E-state index in [9.17, 15) is 0 Å². The third-order valence-electron chi connectivity index (χ3n) is 1.94. The van der Waals surface area contributed by atoms with Crippen molar-refractivity contribution < 1.29 is 0 Å². The highest BCUT2D eigenvalue weighted by Gasteiger charge is 2.19. The lowest BCUT2D eigenvalue weighted by Crippen LogP contribution is -2.17. The molecule has 0 aromatic carbocycles. The van der Waals surface area contributed by atoms with E-state index in [0.29, 0.717) is 0 Å². The van der Waals surface area contributed by atoms with Crippen molar-refractivity contribution in [3.63, 3.8) is 0 Å². The summed E-state index contributed by atoms with van der Waals surface area (Å²) in [5.41, 5.74) is 3.97. The Bertz CT molecular complexity index is 364. The number of nitrogens with one attached hydrogen (secondary N) is 1. The van der Waals surface area contributed by atoms with Crippen LogP contribution in [0.4, 0.5) is 5.82 Å². The van der Waals surface area contributed by atoms with E-state index < -0.39 is 0 Å². The molecule has 0 aliphatic heterocycles. The molecule has 0 unspecified atom stereocenters. The molecule has 0 atom stereocenters. The van der Waals surface area contributed by atoms with Crippen LogP contribution >= 0.6 is 0 Å². The number of imidazole rings is 1. The summed E-state index contributed by atoms with van der Waals surface area (Å²) in [4.78, 5) is 4.50. The van der Waals surface area contributed by atoms with Crippen molar-refractivity contribution in [3.8, 4) is 0 Å². The number of hydrogen-bond acceptors (Lipinski definition) is 3. The van der Waals surface area contributed by atoms with E-state index in [2.05, 4.69) is 36.3 Å². The second kappa shape index (κ2) is 4.04. The molecule has 0 amide bonds. The van der Waals surface area contributed by atoms with Crippen LogP contribution in [0, 0.1) is 0 Å². The summed E-state index contributed by atoms with van der Waals surface area (Å²) in [6.45, 7) is 10.3. The van der Waals surface area contributed by atoms with Gasteiger partial charge in [-0.1, -0.05) is 20.8 Å². The standard InChI is InChI=1S/C11H20N4/c1-8(2)13-14-9-7-15(6)10(12-9)11(3,4)5/h7,14H,1-6H3. The SMILES string of the molecule is CC(C)=NNc1cn(C)c(C(C)(C)C)n1. The Balaban J connectivity index is 2.92. The lowest BCUT2D eigenvalue weighted by molar-refractivity contribution is 0.523. The third-order valence-corrected chi connectivity index (χ3v) is 1.94. The van der Waals surface area contributed by atoms with Gasteiger partial charge in [-0.15, -0.1) is 0 Å². The highest BCUT2D eigenvalue weighted by molar-refractivity contribution is 5.79. The van der Waals surface area contributed by atoms with Gasteiger partial charge in [0.1, 0.15) is 5.82 Å². The summed E-state index contributed by atoms with van der Waals surface area (Å²) in [6.07, 6.45) is 1.95. The first-order valence-corrected chi connectivity index (χ1v) is 5.11. The summed E-state index contributed by atoms with van der Waals surface area (Å²) in [6, 6.07) is 0. The average Bonchev–Trinajstić information content (AvgIpc) is 2.42. The third kappa shape index (κ3) is 3.08. The molecule has 4 nitrogen and oxygen atoms in total. The highest BCUT2D eigenvalue weighted by atomic mass is 15.3. The molecule has 1 aromatic heterocycles. The number of aromatic nitrogens is 2. The second-order valence-corrected chi connectivity index (χ2v) is 4.98. The lowest BCUT2D eigenvalue weighted by atomic mass is 9.96. The minimum atomic E-state index is 0.0552. The number of aryl methyl sites for hydroxylation is 1. The number of hydrazone groups is 1. The van der Waals surface area contributed by atoms with E-state index in [1.807, 2.05) is 31.7 Å².